The molecule has 0 saturated carbocycles. The molecule has 1 heterocycles. The standard InChI is InChI=1S/C24H18Cl2O5S/c1-13(14-3-4-16-12-18(29-2)8-5-15(16)11-14)22(27)30-24-21(20(26)23(28)31-24)32-19-9-6-17(25)7-10-19/h3-13,24H,1-2H3/t13-,24+/m0/s1. The second kappa shape index (κ2) is 9.45. The lowest BCUT2D eigenvalue weighted by atomic mass is 9.98. The van der Waals surface area contributed by atoms with Crippen molar-refractivity contribution in [3.8, 4) is 5.75 Å². The van der Waals surface area contributed by atoms with Crippen molar-refractivity contribution in [1.29, 1.82) is 0 Å². The van der Waals surface area contributed by atoms with Crippen molar-refractivity contribution in [2.75, 3.05) is 7.11 Å². The Morgan fingerprint density at radius 3 is 2.44 bits per heavy atom. The van der Waals surface area contributed by atoms with Crippen LogP contribution in [-0.2, 0) is 19.1 Å². The Morgan fingerprint density at radius 2 is 1.72 bits per heavy atom. The molecule has 0 spiro atoms. The normalized spacial score (nSPS) is 16.8. The molecule has 0 unspecified atom stereocenters. The second-order valence-electron chi connectivity index (χ2n) is 7.10. The lowest BCUT2D eigenvalue weighted by Gasteiger charge is -2.18. The monoisotopic (exact) mass is 488 g/mol. The third-order valence-electron chi connectivity index (χ3n) is 5.01. The van der Waals surface area contributed by atoms with E-state index in [0.29, 0.717) is 9.93 Å². The van der Waals surface area contributed by atoms with E-state index in [1.54, 1.807) is 38.3 Å². The quantitative estimate of drug-likeness (QED) is 0.380. The highest BCUT2D eigenvalue weighted by Crippen LogP contribution is 2.40. The largest absolute Gasteiger partial charge is 0.497 e. The number of methoxy groups -OCH3 is 1. The first-order chi connectivity index (χ1) is 15.4. The summed E-state index contributed by atoms with van der Waals surface area (Å²) >= 11 is 13.2. The highest BCUT2D eigenvalue weighted by molar-refractivity contribution is 8.03. The predicted octanol–water partition coefficient (Wildman–Crippen LogP) is 6.27. The summed E-state index contributed by atoms with van der Waals surface area (Å²) in [6.07, 6.45) is -1.20. The summed E-state index contributed by atoms with van der Waals surface area (Å²) in [5.74, 6) is -1.08. The van der Waals surface area contributed by atoms with Gasteiger partial charge in [0.15, 0.2) is 0 Å². The fourth-order valence-corrected chi connectivity index (χ4v) is 4.46. The fourth-order valence-electron chi connectivity index (χ4n) is 3.19. The summed E-state index contributed by atoms with van der Waals surface area (Å²) in [4.78, 5) is 26.0. The van der Waals surface area contributed by atoms with Crippen LogP contribution >= 0.6 is 35.0 Å². The maximum absolute atomic E-state index is 12.9. The Hall–Kier alpha value is -2.67. The van der Waals surface area contributed by atoms with E-state index in [1.165, 1.54) is 11.8 Å². The zero-order chi connectivity index (χ0) is 22.8. The van der Waals surface area contributed by atoms with E-state index in [1.807, 2.05) is 36.4 Å². The molecule has 1 aliphatic heterocycles. The summed E-state index contributed by atoms with van der Waals surface area (Å²) in [6, 6.07) is 18.4. The number of cyclic esters (lactones) is 1. The lowest BCUT2D eigenvalue weighted by Crippen LogP contribution is -2.23. The van der Waals surface area contributed by atoms with Crippen molar-refractivity contribution in [2.45, 2.75) is 24.0 Å². The number of hydrogen-bond donors (Lipinski definition) is 0. The topological polar surface area (TPSA) is 61.8 Å². The van der Waals surface area contributed by atoms with E-state index in [9.17, 15) is 9.59 Å². The van der Waals surface area contributed by atoms with Crippen molar-refractivity contribution in [3.05, 3.63) is 81.2 Å². The number of hydrogen-bond acceptors (Lipinski definition) is 6. The summed E-state index contributed by atoms with van der Waals surface area (Å²) in [7, 11) is 1.61. The number of esters is 2. The summed E-state index contributed by atoms with van der Waals surface area (Å²) in [6.45, 7) is 1.74. The molecule has 0 fully saturated rings. The van der Waals surface area contributed by atoms with Gasteiger partial charge in [0.1, 0.15) is 10.8 Å². The highest BCUT2D eigenvalue weighted by atomic mass is 35.5. The molecule has 0 N–H and O–H groups in total. The van der Waals surface area contributed by atoms with Crippen LogP contribution in [0.2, 0.25) is 5.02 Å². The number of benzene rings is 3. The van der Waals surface area contributed by atoms with Crippen molar-refractivity contribution >= 4 is 57.7 Å². The summed E-state index contributed by atoms with van der Waals surface area (Å²) in [5.41, 5.74) is 0.777. The number of halogens is 2. The Bertz CT molecular complexity index is 1220. The van der Waals surface area contributed by atoms with Gasteiger partial charge in [-0.2, -0.15) is 0 Å². The van der Waals surface area contributed by atoms with E-state index in [4.69, 9.17) is 37.4 Å². The molecule has 1 aliphatic rings. The molecular formula is C24H18Cl2O5S. The molecular weight excluding hydrogens is 471 g/mol. The SMILES string of the molecule is COc1ccc2cc([C@H](C)C(=O)O[C@@H]3OC(=O)C(Cl)=C3Sc3ccc(Cl)cc3)ccc2c1. The van der Waals surface area contributed by atoms with Gasteiger partial charge in [0.25, 0.3) is 6.29 Å². The maximum atomic E-state index is 12.9. The zero-order valence-electron chi connectivity index (χ0n) is 17.1. The van der Waals surface area contributed by atoms with E-state index in [2.05, 4.69) is 0 Å². The van der Waals surface area contributed by atoms with Crippen LogP contribution in [-0.4, -0.2) is 25.3 Å². The van der Waals surface area contributed by atoms with E-state index < -0.39 is 24.1 Å². The van der Waals surface area contributed by atoms with Gasteiger partial charge in [-0.25, -0.2) is 4.79 Å². The van der Waals surface area contributed by atoms with Gasteiger partial charge in [-0.05, 0) is 59.7 Å². The van der Waals surface area contributed by atoms with E-state index in [0.717, 1.165) is 27.0 Å². The molecule has 32 heavy (non-hydrogen) atoms. The van der Waals surface area contributed by atoms with Crippen LogP contribution in [0.3, 0.4) is 0 Å². The van der Waals surface area contributed by atoms with Crippen molar-refractivity contribution < 1.29 is 23.8 Å². The molecule has 164 valence electrons. The van der Waals surface area contributed by atoms with Gasteiger partial charge in [0, 0.05) is 9.92 Å². The van der Waals surface area contributed by atoms with Gasteiger partial charge < -0.3 is 14.2 Å². The Morgan fingerprint density at radius 1 is 1.03 bits per heavy atom. The van der Waals surface area contributed by atoms with Gasteiger partial charge in [-0.15, -0.1) is 0 Å². The maximum Gasteiger partial charge on any atom is 0.354 e. The first kappa shape index (κ1) is 22.5. The van der Waals surface area contributed by atoms with Crippen molar-refractivity contribution in [3.63, 3.8) is 0 Å². The van der Waals surface area contributed by atoms with Crippen LogP contribution in [0.25, 0.3) is 10.8 Å². The molecule has 5 nitrogen and oxygen atoms in total. The van der Waals surface area contributed by atoms with Gasteiger partial charge in [0.05, 0.1) is 17.9 Å². The van der Waals surface area contributed by atoms with E-state index in [-0.39, 0.29) is 5.03 Å². The first-order valence-corrected chi connectivity index (χ1v) is 11.2. The zero-order valence-corrected chi connectivity index (χ0v) is 19.5. The summed E-state index contributed by atoms with van der Waals surface area (Å²) < 4.78 is 16.0. The molecule has 0 aliphatic carbocycles. The van der Waals surface area contributed by atoms with Crippen molar-refractivity contribution in [2.24, 2.45) is 0 Å². The molecule has 0 bridgehead atoms. The molecule has 2 atom stereocenters. The van der Waals surface area contributed by atoms with Gasteiger partial charge in [-0.1, -0.05) is 59.2 Å². The third-order valence-corrected chi connectivity index (χ3v) is 6.86. The van der Waals surface area contributed by atoms with Crippen LogP contribution in [0.5, 0.6) is 5.75 Å². The minimum atomic E-state index is -1.20. The number of ether oxygens (including phenoxy) is 3. The molecule has 0 radical (unpaired) electrons. The first-order valence-electron chi connectivity index (χ1n) is 9.68. The molecule has 0 amide bonds. The number of carbonyl (C=O) groups is 2. The Kier molecular flexibility index (Phi) is 6.65. The van der Waals surface area contributed by atoms with Crippen LogP contribution in [0.4, 0.5) is 0 Å². The molecule has 3 aromatic carbocycles. The number of thioether (sulfide) groups is 1. The van der Waals surface area contributed by atoms with Gasteiger partial charge in [-0.3, -0.25) is 4.79 Å². The lowest BCUT2D eigenvalue weighted by molar-refractivity contribution is -0.174. The van der Waals surface area contributed by atoms with Gasteiger partial charge >= 0.3 is 11.9 Å². The number of rotatable bonds is 6. The molecule has 0 aromatic heterocycles. The van der Waals surface area contributed by atoms with Crippen molar-refractivity contribution in [1.82, 2.24) is 0 Å². The second-order valence-corrected chi connectivity index (χ2v) is 9.03. The average molecular weight is 489 g/mol. The molecule has 4 rings (SSSR count). The average Bonchev–Trinajstić information content (AvgIpc) is 3.06. The summed E-state index contributed by atoms with van der Waals surface area (Å²) in [5, 5.41) is 2.45. The minimum absolute atomic E-state index is 0.102. The minimum Gasteiger partial charge on any atom is -0.497 e. The molecule has 0 saturated heterocycles. The highest BCUT2D eigenvalue weighted by Gasteiger charge is 2.37. The van der Waals surface area contributed by atoms with Crippen LogP contribution in [0.15, 0.2) is 75.5 Å². The number of carbonyl (C=O) groups excluding carboxylic acids is 2. The fraction of sp³-hybridized carbons (Fsp3) is 0.167. The Labute approximate surface area is 199 Å². The molecule has 8 heteroatoms. The van der Waals surface area contributed by atoms with Crippen LogP contribution in [0, 0.1) is 0 Å². The predicted molar refractivity (Wildman–Crippen MR) is 125 cm³/mol. The van der Waals surface area contributed by atoms with Crippen LogP contribution < -0.4 is 4.74 Å². The van der Waals surface area contributed by atoms with E-state index >= 15 is 0 Å². The van der Waals surface area contributed by atoms with Gasteiger partial charge in [0.2, 0.25) is 0 Å². The van der Waals surface area contributed by atoms with Crippen LogP contribution in [0.1, 0.15) is 18.4 Å². The Balaban J connectivity index is 1.51. The number of fused-ring (bicyclic) bond motifs is 1. The smallest absolute Gasteiger partial charge is 0.354 e. The molecule has 3 aromatic rings. The third kappa shape index (κ3) is 4.72.